The quantitative estimate of drug-likeness (QED) is 0.0381. The number of hydrazine groups is 1. The number of carbonyl (C=O) groups is 4. The van der Waals surface area contributed by atoms with Crippen LogP contribution in [0.15, 0.2) is 67.0 Å². The van der Waals surface area contributed by atoms with Gasteiger partial charge in [0.15, 0.2) is 0 Å². The predicted molar refractivity (Wildman–Crippen MR) is 263 cm³/mol. The summed E-state index contributed by atoms with van der Waals surface area (Å²) in [5, 5.41) is 31.6. The number of pyridine rings is 1. The highest BCUT2D eigenvalue weighted by molar-refractivity contribution is 5.87. The summed E-state index contributed by atoms with van der Waals surface area (Å²) in [6.07, 6.45) is -14.5. The highest BCUT2D eigenvalue weighted by Crippen LogP contribution is 2.42. The van der Waals surface area contributed by atoms with E-state index in [1.807, 2.05) is 22.9 Å². The van der Waals surface area contributed by atoms with Crippen LogP contribution in [-0.4, -0.2) is 160 Å². The van der Waals surface area contributed by atoms with E-state index in [1.165, 1.54) is 11.4 Å². The Hall–Kier alpha value is -6.78. The van der Waals surface area contributed by atoms with Crippen LogP contribution in [0, 0.1) is 22.5 Å². The van der Waals surface area contributed by atoms with Crippen molar-refractivity contribution in [2.24, 2.45) is 10.8 Å². The zero-order chi connectivity index (χ0) is 57.9. The number of aromatic nitrogens is 3. The number of methoxy groups -OCH3 is 1. The average Bonchev–Trinajstić information content (AvgIpc) is 3.93. The Labute approximate surface area is 446 Å². The monoisotopic (exact) mass is 1130 g/mol. The number of aliphatic hydroxyl groups excluding tert-OH is 1. The Kier molecular flexibility index (Phi) is 18.1. The summed E-state index contributed by atoms with van der Waals surface area (Å²) in [4.78, 5) is 61.7. The molecular formula is C51H60F10N10O8. The fourth-order valence-electron chi connectivity index (χ4n) is 9.84. The first-order chi connectivity index (χ1) is 37.0. The van der Waals surface area contributed by atoms with Crippen molar-refractivity contribution in [1.82, 2.24) is 46.0 Å². The molecule has 432 valence electrons. The van der Waals surface area contributed by atoms with Gasteiger partial charge in [-0.1, -0.05) is 24.3 Å². The number of benzene rings is 2. The molecule has 2 unspecified atom stereocenters. The summed E-state index contributed by atoms with van der Waals surface area (Å²) in [6.45, 7) is 2.07. The lowest BCUT2D eigenvalue weighted by Gasteiger charge is -2.48. The van der Waals surface area contributed by atoms with Crippen LogP contribution >= 0.6 is 0 Å². The molecule has 6 atom stereocenters. The van der Waals surface area contributed by atoms with Crippen molar-refractivity contribution < 1.29 is 82.8 Å². The molecule has 0 saturated carbocycles. The Balaban J connectivity index is 1.20. The molecule has 3 aliphatic heterocycles. The predicted octanol–water partition coefficient (Wildman–Crippen LogP) is 6.67. The topological polar surface area (TPSA) is 216 Å². The van der Waals surface area contributed by atoms with Gasteiger partial charge in [0.2, 0.25) is 5.91 Å². The molecular weight excluding hydrogens is 1070 g/mol. The maximum absolute atomic E-state index is 16.1. The third-order valence-corrected chi connectivity index (χ3v) is 14.8. The minimum Gasteiger partial charge on any atom is -0.465 e. The van der Waals surface area contributed by atoms with E-state index < -0.39 is 121 Å². The van der Waals surface area contributed by atoms with E-state index in [-0.39, 0.29) is 11.3 Å². The average molecular weight is 1130 g/mol. The Bertz CT molecular complexity index is 2760. The number of carboxylic acid groups (broad SMARTS) is 1. The number of piperazine rings is 1. The number of nitrogens with one attached hydrogen (secondary N) is 4. The summed E-state index contributed by atoms with van der Waals surface area (Å²) in [5.74, 6) is -5.31. The zero-order valence-electron chi connectivity index (χ0n) is 43.3. The molecule has 4 aromatic rings. The largest absolute Gasteiger partial charge is 0.465 e. The van der Waals surface area contributed by atoms with Gasteiger partial charge < -0.3 is 40.5 Å². The number of nitrogens with zero attached hydrogens (tertiary/aromatic N) is 6. The van der Waals surface area contributed by atoms with Gasteiger partial charge in [-0.2, -0.15) is 31.4 Å². The molecule has 4 amide bonds. The second kappa shape index (κ2) is 23.9. The van der Waals surface area contributed by atoms with Crippen LogP contribution in [0.4, 0.5) is 59.3 Å². The number of ether oxygens (including phenoxy) is 2. The van der Waals surface area contributed by atoms with Crippen LogP contribution in [0.5, 0.6) is 0 Å². The van der Waals surface area contributed by atoms with Crippen LogP contribution in [0.3, 0.4) is 0 Å². The molecule has 0 radical (unpaired) electrons. The smallest absolute Gasteiger partial charge is 0.407 e. The van der Waals surface area contributed by atoms with Gasteiger partial charge in [0.25, 0.3) is 12.3 Å². The second-order valence-corrected chi connectivity index (χ2v) is 20.9. The molecule has 3 saturated heterocycles. The van der Waals surface area contributed by atoms with E-state index >= 15 is 8.78 Å². The van der Waals surface area contributed by atoms with Crippen molar-refractivity contribution >= 4 is 29.8 Å². The number of hydrogen-bond donors (Lipinski definition) is 6. The normalized spacial score (nSPS) is 18.9. The number of fused-ring (bicyclic) bond motifs is 2. The molecule has 6 N–H and O–H groups in total. The SMILES string of the molecule is COC(=O)N[C@H](C(=O)N[C@@H](Cc1ccc(-c2ccc(N3CC4CCC(C3)N4C3COC3)nc2)cc1)[C@@H](O)CN(Cc1c(F)cc(-c2ccn(CC(F)F)n2)cc1F)NC(=O)[C@@H](NC(=O)O)C(C)(C)C(F)(F)F)C(C)(C)C(F)(F)F. The molecule has 2 aromatic carbocycles. The van der Waals surface area contributed by atoms with E-state index in [2.05, 4.69) is 25.0 Å². The minimum atomic E-state index is -5.27. The van der Waals surface area contributed by atoms with Gasteiger partial charge in [-0.3, -0.25) is 24.6 Å². The molecule has 3 fully saturated rings. The van der Waals surface area contributed by atoms with Crippen LogP contribution in [-0.2, 0) is 38.6 Å². The van der Waals surface area contributed by atoms with Gasteiger partial charge in [0, 0.05) is 67.3 Å². The van der Waals surface area contributed by atoms with Crippen LogP contribution < -0.4 is 26.3 Å². The van der Waals surface area contributed by atoms with E-state index in [4.69, 9.17) is 9.72 Å². The molecule has 18 nitrogen and oxygen atoms in total. The molecule has 5 heterocycles. The van der Waals surface area contributed by atoms with Crippen molar-refractivity contribution in [3.8, 4) is 22.4 Å². The third kappa shape index (κ3) is 13.8. The number of carbonyl (C=O) groups excluding carboxylic acids is 3. The van der Waals surface area contributed by atoms with Crippen LogP contribution in [0.25, 0.3) is 22.4 Å². The summed E-state index contributed by atoms with van der Waals surface area (Å²) < 4.78 is 156. The van der Waals surface area contributed by atoms with Crippen molar-refractivity contribution in [3.63, 3.8) is 0 Å². The fraction of sp³-hybridized carbons (Fsp3) is 0.529. The molecule has 0 spiro atoms. The lowest BCUT2D eigenvalue weighted by atomic mass is 9.82. The van der Waals surface area contributed by atoms with Crippen molar-refractivity contribution in [3.05, 3.63) is 89.8 Å². The van der Waals surface area contributed by atoms with Gasteiger partial charge in [-0.15, -0.1) is 0 Å². The lowest BCUT2D eigenvalue weighted by molar-refractivity contribution is -0.221. The van der Waals surface area contributed by atoms with Gasteiger partial charge in [-0.25, -0.2) is 37.1 Å². The molecule has 7 rings (SSSR count). The first kappa shape index (κ1) is 59.9. The molecule has 0 aliphatic carbocycles. The summed E-state index contributed by atoms with van der Waals surface area (Å²) in [7, 11) is 0.821. The molecule has 2 bridgehead atoms. The molecule has 2 aromatic heterocycles. The Morgan fingerprint density at radius 1 is 0.797 bits per heavy atom. The van der Waals surface area contributed by atoms with E-state index in [0.717, 1.165) is 75.1 Å². The van der Waals surface area contributed by atoms with Crippen molar-refractivity contribution in [1.29, 1.82) is 0 Å². The summed E-state index contributed by atoms with van der Waals surface area (Å²) in [6, 6.07) is 7.02. The number of alkyl carbamates (subject to hydrolysis) is 1. The number of alkyl halides is 8. The zero-order valence-corrected chi connectivity index (χ0v) is 43.3. The fourth-order valence-corrected chi connectivity index (χ4v) is 9.84. The standard InChI is InChI=1S/C51H60F10N10O8/c1-48(2,50(56,57)58)42(65-47(77)78-5)44(73)63-38(16-27-6-8-28(9-7-27)29-10-13-41(62-19-29)68-20-31-11-12-32(21-68)71(31)33-25-79-26-33)39(72)23-70(67-45(74)43(64-46(75)76)49(3,4)51(59,60)61)22-34-35(52)17-30(18-36(34)53)37-14-15-69(66-37)24-40(54)55/h6-10,13-15,17-19,31-33,38-40,42-43,64,72H,11-12,16,20-26H2,1-5H3,(H,63,73)(H,65,77)(H,67,74)(H,75,76)/t31?,32?,38-,39-,42+,43+/m0/s1. The lowest BCUT2D eigenvalue weighted by Crippen LogP contribution is -2.63. The van der Waals surface area contributed by atoms with Gasteiger partial charge in [-0.05, 0) is 88.4 Å². The number of rotatable bonds is 21. The Morgan fingerprint density at radius 3 is 1.89 bits per heavy atom. The van der Waals surface area contributed by atoms with E-state index in [0.29, 0.717) is 67.5 Å². The number of halogens is 10. The molecule has 79 heavy (non-hydrogen) atoms. The number of aliphatic hydroxyl groups is 1. The first-order valence-corrected chi connectivity index (χ1v) is 24.9. The van der Waals surface area contributed by atoms with Crippen LogP contribution in [0.2, 0.25) is 0 Å². The molecule has 3 aliphatic rings. The maximum atomic E-state index is 16.1. The summed E-state index contributed by atoms with van der Waals surface area (Å²) >= 11 is 0. The highest BCUT2D eigenvalue weighted by Gasteiger charge is 2.57. The van der Waals surface area contributed by atoms with Crippen LogP contribution in [0.1, 0.15) is 51.7 Å². The molecule has 28 heteroatoms. The number of amides is 4. The maximum Gasteiger partial charge on any atom is 0.407 e. The third-order valence-electron chi connectivity index (χ3n) is 14.8. The van der Waals surface area contributed by atoms with E-state index in [1.54, 1.807) is 30.5 Å². The van der Waals surface area contributed by atoms with Crippen molar-refractivity contribution in [2.45, 2.75) is 121 Å². The highest BCUT2D eigenvalue weighted by atomic mass is 19.4. The minimum absolute atomic E-state index is 0.163. The number of hydrogen-bond acceptors (Lipinski definition) is 12. The second-order valence-electron chi connectivity index (χ2n) is 20.9. The van der Waals surface area contributed by atoms with Gasteiger partial charge in [0.05, 0.1) is 55.0 Å². The van der Waals surface area contributed by atoms with Gasteiger partial charge in [0.1, 0.15) is 36.1 Å². The number of anilines is 1. The van der Waals surface area contributed by atoms with Crippen molar-refractivity contribution in [2.75, 3.05) is 44.9 Å². The van der Waals surface area contributed by atoms with E-state index in [9.17, 15) is 64.5 Å². The first-order valence-electron chi connectivity index (χ1n) is 24.9. The Morgan fingerprint density at radius 2 is 1.38 bits per heavy atom. The summed E-state index contributed by atoms with van der Waals surface area (Å²) in [5.41, 5.74) is -3.97. The van der Waals surface area contributed by atoms with Gasteiger partial charge >= 0.3 is 24.5 Å².